The standard InChI is InChI=1S/C13H15N3O2/c1-7-8(2)18-9(3)12(7)13(17)16-10-4-5-11(14)15-6-10/h4-6H,1-3H3,(H2,14,15)(H,16,17). The number of hydrogen-bond donors (Lipinski definition) is 2. The molecule has 94 valence electrons. The first-order valence-corrected chi connectivity index (χ1v) is 5.58. The quantitative estimate of drug-likeness (QED) is 0.851. The van der Waals surface area contributed by atoms with Crippen molar-refractivity contribution in [2.45, 2.75) is 20.8 Å². The van der Waals surface area contributed by atoms with Gasteiger partial charge in [0.1, 0.15) is 17.3 Å². The maximum absolute atomic E-state index is 12.1. The smallest absolute Gasteiger partial charge is 0.259 e. The number of nitrogens with one attached hydrogen (secondary N) is 1. The van der Waals surface area contributed by atoms with Crippen LogP contribution in [-0.2, 0) is 0 Å². The summed E-state index contributed by atoms with van der Waals surface area (Å²) in [5.41, 5.74) is 7.51. The molecule has 5 heteroatoms. The molecule has 0 aliphatic rings. The highest BCUT2D eigenvalue weighted by Crippen LogP contribution is 2.21. The van der Waals surface area contributed by atoms with Gasteiger partial charge in [-0.2, -0.15) is 0 Å². The van der Waals surface area contributed by atoms with Crippen molar-refractivity contribution in [3.05, 3.63) is 41.0 Å². The van der Waals surface area contributed by atoms with E-state index in [1.165, 1.54) is 6.20 Å². The fourth-order valence-electron chi connectivity index (χ4n) is 1.80. The Morgan fingerprint density at radius 1 is 1.28 bits per heavy atom. The zero-order chi connectivity index (χ0) is 13.3. The van der Waals surface area contributed by atoms with E-state index in [1.54, 1.807) is 19.1 Å². The van der Waals surface area contributed by atoms with Crippen molar-refractivity contribution in [1.29, 1.82) is 0 Å². The zero-order valence-corrected chi connectivity index (χ0v) is 10.6. The summed E-state index contributed by atoms with van der Waals surface area (Å²) in [6, 6.07) is 3.34. The number of hydrogen-bond acceptors (Lipinski definition) is 4. The first-order valence-electron chi connectivity index (χ1n) is 5.58. The molecular formula is C13H15N3O2. The Bertz CT molecular complexity index is 585. The van der Waals surface area contributed by atoms with Crippen molar-refractivity contribution in [2.24, 2.45) is 0 Å². The van der Waals surface area contributed by atoms with Gasteiger partial charge in [-0.05, 0) is 32.9 Å². The molecule has 2 heterocycles. The molecule has 0 atom stereocenters. The SMILES string of the molecule is Cc1oc(C)c(C(=O)Nc2ccc(N)nc2)c1C. The van der Waals surface area contributed by atoms with E-state index in [2.05, 4.69) is 10.3 Å². The predicted molar refractivity (Wildman–Crippen MR) is 69.5 cm³/mol. The number of nitrogen functional groups attached to an aromatic ring is 1. The van der Waals surface area contributed by atoms with Crippen molar-refractivity contribution in [2.75, 3.05) is 11.1 Å². The number of aryl methyl sites for hydroxylation is 2. The van der Waals surface area contributed by atoms with Crippen molar-refractivity contribution < 1.29 is 9.21 Å². The number of carbonyl (C=O) groups excluding carboxylic acids is 1. The minimum Gasteiger partial charge on any atom is -0.466 e. The van der Waals surface area contributed by atoms with Gasteiger partial charge >= 0.3 is 0 Å². The van der Waals surface area contributed by atoms with Crippen LogP contribution in [0.3, 0.4) is 0 Å². The first-order chi connectivity index (χ1) is 8.49. The van der Waals surface area contributed by atoms with Crippen LogP contribution in [0.15, 0.2) is 22.7 Å². The van der Waals surface area contributed by atoms with E-state index >= 15 is 0 Å². The lowest BCUT2D eigenvalue weighted by atomic mass is 10.1. The van der Waals surface area contributed by atoms with Gasteiger partial charge in [-0.1, -0.05) is 0 Å². The summed E-state index contributed by atoms with van der Waals surface area (Å²) in [7, 11) is 0. The average molecular weight is 245 g/mol. The Kier molecular flexibility index (Phi) is 3.06. The Balaban J connectivity index is 2.24. The number of aromatic nitrogens is 1. The molecule has 3 N–H and O–H groups in total. The molecule has 2 rings (SSSR count). The van der Waals surface area contributed by atoms with Crippen molar-refractivity contribution in [3.8, 4) is 0 Å². The van der Waals surface area contributed by atoms with Crippen LogP contribution < -0.4 is 11.1 Å². The number of pyridine rings is 1. The molecule has 0 radical (unpaired) electrons. The van der Waals surface area contributed by atoms with Crippen molar-refractivity contribution in [3.63, 3.8) is 0 Å². The van der Waals surface area contributed by atoms with Gasteiger partial charge in [0.05, 0.1) is 17.4 Å². The molecule has 5 nitrogen and oxygen atoms in total. The Hall–Kier alpha value is -2.30. The topological polar surface area (TPSA) is 81.2 Å². The molecule has 0 aliphatic heterocycles. The second kappa shape index (κ2) is 4.52. The fraction of sp³-hybridized carbons (Fsp3) is 0.231. The number of nitrogens with two attached hydrogens (primary N) is 1. The van der Waals surface area contributed by atoms with Gasteiger partial charge in [0.15, 0.2) is 0 Å². The molecule has 2 aromatic rings. The van der Waals surface area contributed by atoms with Gasteiger partial charge in [0, 0.05) is 5.56 Å². The molecule has 0 unspecified atom stereocenters. The highest BCUT2D eigenvalue weighted by atomic mass is 16.3. The summed E-state index contributed by atoms with van der Waals surface area (Å²) in [6.07, 6.45) is 1.52. The van der Waals surface area contributed by atoms with Gasteiger partial charge in [0.25, 0.3) is 5.91 Å². The minimum absolute atomic E-state index is 0.201. The highest BCUT2D eigenvalue weighted by Gasteiger charge is 2.18. The summed E-state index contributed by atoms with van der Waals surface area (Å²) in [4.78, 5) is 16.0. The van der Waals surface area contributed by atoms with E-state index in [0.717, 1.165) is 11.3 Å². The Morgan fingerprint density at radius 3 is 2.50 bits per heavy atom. The van der Waals surface area contributed by atoms with Gasteiger partial charge in [-0.15, -0.1) is 0 Å². The molecule has 0 bridgehead atoms. The molecule has 0 fully saturated rings. The minimum atomic E-state index is -0.201. The van der Waals surface area contributed by atoms with Crippen LogP contribution in [0.25, 0.3) is 0 Å². The third-order valence-electron chi connectivity index (χ3n) is 2.83. The monoisotopic (exact) mass is 245 g/mol. The number of carbonyl (C=O) groups is 1. The molecule has 18 heavy (non-hydrogen) atoms. The van der Waals surface area contributed by atoms with Crippen LogP contribution in [0.2, 0.25) is 0 Å². The number of anilines is 2. The number of amides is 1. The Morgan fingerprint density at radius 2 is 2.00 bits per heavy atom. The van der Waals surface area contributed by atoms with Crippen LogP contribution in [0, 0.1) is 20.8 Å². The van der Waals surface area contributed by atoms with Gasteiger partial charge in [-0.25, -0.2) is 4.98 Å². The van der Waals surface area contributed by atoms with Crippen LogP contribution in [0.5, 0.6) is 0 Å². The normalized spacial score (nSPS) is 10.4. The summed E-state index contributed by atoms with van der Waals surface area (Å²) in [6.45, 7) is 5.47. The van der Waals surface area contributed by atoms with E-state index in [-0.39, 0.29) is 5.91 Å². The molecule has 2 aromatic heterocycles. The maximum Gasteiger partial charge on any atom is 0.259 e. The lowest BCUT2D eigenvalue weighted by Crippen LogP contribution is -2.13. The molecule has 0 saturated heterocycles. The zero-order valence-electron chi connectivity index (χ0n) is 10.6. The Labute approximate surface area is 105 Å². The second-order valence-electron chi connectivity index (χ2n) is 4.14. The molecule has 0 aliphatic carbocycles. The fourth-order valence-corrected chi connectivity index (χ4v) is 1.80. The second-order valence-corrected chi connectivity index (χ2v) is 4.14. The van der Waals surface area contributed by atoms with Crippen LogP contribution in [0.1, 0.15) is 27.4 Å². The number of furan rings is 1. The van der Waals surface area contributed by atoms with Crippen LogP contribution in [0.4, 0.5) is 11.5 Å². The molecule has 1 amide bonds. The van der Waals surface area contributed by atoms with Crippen molar-refractivity contribution >= 4 is 17.4 Å². The highest BCUT2D eigenvalue weighted by molar-refractivity contribution is 6.06. The van der Waals surface area contributed by atoms with E-state index in [4.69, 9.17) is 10.2 Å². The number of rotatable bonds is 2. The van der Waals surface area contributed by atoms with E-state index in [9.17, 15) is 4.79 Å². The van der Waals surface area contributed by atoms with E-state index in [0.29, 0.717) is 22.8 Å². The summed E-state index contributed by atoms with van der Waals surface area (Å²) < 4.78 is 5.43. The average Bonchev–Trinajstić information content (AvgIpc) is 2.56. The van der Waals surface area contributed by atoms with Crippen LogP contribution >= 0.6 is 0 Å². The van der Waals surface area contributed by atoms with Gasteiger partial charge < -0.3 is 15.5 Å². The van der Waals surface area contributed by atoms with Gasteiger partial charge in [-0.3, -0.25) is 4.79 Å². The summed E-state index contributed by atoms with van der Waals surface area (Å²) in [5.74, 6) is 1.59. The van der Waals surface area contributed by atoms with E-state index in [1.807, 2.05) is 13.8 Å². The molecular weight excluding hydrogens is 230 g/mol. The lowest BCUT2D eigenvalue weighted by molar-refractivity contribution is 0.102. The largest absolute Gasteiger partial charge is 0.466 e. The molecule has 0 aromatic carbocycles. The summed E-state index contributed by atoms with van der Waals surface area (Å²) in [5, 5.41) is 2.76. The van der Waals surface area contributed by atoms with Crippen molar-refractivity contribution in [1.82, 2.24) is 4.98 Å². The third-order valence-corrected chi connectivity index (χ3v) is 2.83. The lowest BCUT2D eigenvalue weighted by Gasteiger charge is -2.05. The molecule has 0 saturated carbocycles. The number of nitrogens with zero attached hydrogens (tertiary/aromatic N) is 1. The molecule has 0 spiro atoms. The van der Waals surface area contributed by atoms with Crippen LogP contribution in [-0.4, -0.2) is 10.9 Å². The van der Waals surface area contributed by atoms with E-state index < -0.39 is 0 Å². The first kappa shape index (κ1) is 12.2. The maximum atomic E-state index is 12.1. The summed E-state index contributed by atoms with van der Waals surface area (Å²) >= 11 is 0. The third kappa shape index (κ3) is 2.20. The van der Waals surface area contributed by atoms with Gasteiger partial charge in [0.2, 0.25) is 0 Å². The predicted octanol–water partition coefficient (Wildman–Crippen LogP) is 2.43.